The molecule has 1 N–H and O–H groups in total. The molecular formula is C37H64N6O6Si. The van der Waals surface area contributed by atoms with Crippen LogP contribution in [0.2, 0.25) is 18.1 Å². The largest absolute Gasteiger partial charge is 0.463 e. The lowest BCUT2D eigenvalue weighted by atomic mass is 10.0. The van der Waals surface area contributed by atoms with Crippen LogP contribution in [0.3, 0.4) is 0 Å². The van der Waals surface area contributed by atoms with Crippen molar-refractivity contribution in [2.24, 2.45) is 0 Å². The van der Waals surface area contributed by atoms with Crippen LogP contribution in [0.25, 0.3) is 0 Å². The maximum atomic E-state index is 14.0. The molecule has 2 aromatic rings. The van der Waals surface area contributed by atoms with Crippen LogP contribution < -0.4 is 15.0 Å². The minimum absolute atomic E-state index is 0.107. The summed E-state index contributed by atoms with van der Waals surface area (Å²) in [6, 6.07) is 3.69. The van der Waals surface area contributed by atoms with Crippen LogP contribution in [0.4, 0.5) is 21.2 Å². The molecule has 3 rings (SSSR count). The summed E-state index contributed by atoms with van der Waals surface area (Å²) in [6.07, 6.45) is 4.86. The molecule has 0 bridgehead atoms. The van der Waals surface area contributed by atoms with Crippen molar-refractivity contribution in [2.75, 3.05) is 11.5 Å². The van der Waals surface area contributed by atoms with E-state index in [2.05, 4.69) is 69.9 Å². The number of amides is 2. The zero-order chi connectivity index (χ0) is 37.9. The molecule has 50 heavy (non-hydrogen) atoms. The van der Waals surface area contributed by atoms with Gasteiger partial charge in [0.2, 0.25) is 0 Å². The predicted molar refractivity (Wildman–Crippen MR) is 200 cm³/mol. The molecule has 0 spiro atoms. The average molecular weight is 717 g/mol. The van der Waals surface area contributed by atoms with E-state index in [1.54, 1.807) is 12.3 Å². The standard InChI is InChI=1S/C37H64N6O6Si/c1-25(39-32(44)47-35(5,6)7)17-16-22-46-31-38-21-20-29(40-31)42(33(45)48-36(8,9)10)30-24-28(41-43(30)34(2,3)4)26-18-19-27(23-26)49-50(14,15)37(11,12)13/h20-21,24-27H,16-19,22-23H2,1-15H3,(H,39,44)/t25-,26-,27+/m0/s1. The van der Waals surface area contributed by atoms with Gasteiger partial charge >= 0.3 is 18.2 Å². The first-order chi connectivity index (χ1) is 22.8. The van der Waals surface area contributed by atoms with E-state index < -0.39 is 37.2 Å². The van der Waals surface area contributed by atoms with Crippen molar-refractivity contribution in [3.8, 4) is 6.01 Å². The fourth-order valence-corrected chi connectivity index (χ4v) is 6.82. The van der Waals surface area contributed by atoms with E-state index in [9.17, 15) is 9.59 Å². The van der Waals surface area contributed by atoms with Gasteiger partial charge in [0, 0.05) is 36.4 Å². The van der Waals surface area contributed by atoms with Gasteiger partial charge in [-0.2, -0.15) is 10.1 Å². The number of carbonyl (C=O) groups excluding carboxylic acids is 2. The summed E-state index contributed by atoms with van der Waals surface area (Å²) in [7, 11) is -1.92. The molecule has 2 amide bonds. The lowest BCUT2D eigenvalue weighted by molar-refractivity contribution is 0.0503. The number of aromatic nitrogens is 4. The minimum Gasteiger partial charge on any atom is -0.463 e. The van der Waals surface area contributed by atoms with Crippen molar-refractivity contribution < 1.29 is 28.2 Å². The van der Waals surface area contributed by atoms with Gasteiger partial charge in [0.15, 0.2) is 14.1 Å². The predicted octanol–water partition coefficient (Wildman–Crippen LogP) is 9.23. The van der Waals surface area contributed by atoms with E-state index in [4.69, 9.17) is 23.7 Å². The molecule has 0 saturated heterocycles. The molecule has 1 fully saturated rings. The molecule has 0 aromatic carbocycles. The van der Waals surface area contributed by atoms with E-state index >= 15 is 0 Å². The van der Waals surface area contributed by atoms with Gasteiger partial charge in [-0.3, -0.25) is 0 Å². The van der Waals surface area contributed by atoms with E-state index in [-0.39, 0.29) is 29.1 Å². The molecule has 0 unspecified atom stereocenters. The molecular weight excluding hydrogens is 653 g/mol. The Kier molecular flexibility index (Phi) is 12.9. The fraction of sp³-hybridized carbons (Fsp3) is 0.757. The Morgan fingerprint density at radius 3 is 2.22 bits per heavy atom. The topological polar surface area (TPSA) is 130 Å². The Balaban J connectivity index is 1.86. The van der Waals surface area contributed by atoms with E-state index in [0.717, 1.165) is 25.0 Å². The highest BCUT2D eigenvalue weighted by Gasteiger charge is 2.42. The quantitative estimate of drug-likeness (QED) is 0.179. The summed E-state index contributed by atoms with van der Waals surface area (Å²) >= 11 is 0. The summed E-state index contributed by atoms with van der Waals surface area (Å²) in [5.41, 5.74) is -0.849. The van der Waals surface area contributed by atoms with Gasteiger partial charge in [-0.1, -0.05) is 20.8 Å². The SMILES string of the molecule is C[C@@H](CCCOc1nccc(N(C(=O)OC(C)(C)C)c2cc([C@H]3CC[C@@H](O[Si](C)(C)C(C)(C)C)C3)nn2C(C)(C)C)n1)NC(=O)OC(C)(C)C. The Hall–Kier alpha value is -3.19. The third kappa shape index (κ3) is 12.0. The van der Waals surface area contributed by atoms with Crippen LogP contribution in [0.1, 0.15) is 134 Å². The number of ether oxygens (including phenoxy) is 3. The summed E-state index contributed by atoms with van der Waals surface area (Å²) in [5.74, 6) is 1.07. The second-order valence-corrected chi connectivity index (χ2v) is 22.8. The number of nitrogens with zero attached hydrogens (tertiary/aromatic N) is 5. The first-order valence-electron chi connectivity index (χ1n) is 18.0. The number of hydrogen-bond acceptors (Lipinski definition) is 9. The van der Waals surface area contributed by atoms with Crippen LogP contribution in [0.5, 0.6) is 6.01 Å². The van der Waals surface area contributed by atoms with Crippen LogP contribution in [-0.4, -0.2) is 70.2 Å². The molecule has 12 nitrogen and oxygen atoms in total. The molecule has 282 valence electrons. The highest BCUT2D eigenvalue weighted by Crippen LogP contribution is 2.44. The number of rotatable bonds is 11. The van der Waals surface area contributed by atoms with Crippen molar-refractivity contribution in [3.63, 3.8) is 0 Å². The lowest BCUT2D eigenvalue weighted by Gasteiger charge is -2.38. The zero-order valence-corrected chi connectivity index (χ0v) is 34.4. The third-order valence-electron chi connectivity index (χ3n) is 8.84. The molecule has 1 saturated carbocycles. The van der Waals surface area contributed by atoms with Crippen LogP contribution in [0, 0.1) is 0 Å². The number of alkyl carbamates (subject to hydrolysis) is 1. The summed E-state index contributed by atoms with van der Waals surface area (Å²) < 4.78 is 25.9. The minimum atomic E-state index is -1.92. The van der Waals surface area contributed by atoms with Gasteiger partial charge in [0.1, 0.15) is 17.0 Å². The van der Waals surface area contributed by atoms with Gasteiger partial charge < -0.3 is 24.0 Å². The first-order valence-corrected chi connectivity index (χ1v) is 20.9. The molecule has 2 heterocycles. The van der Waals surface area contributed by atoms with E-state index in [1.807, 2.05) is 59.2 Å². The first kappa shape index (κ1) is 41.2. The van der Waals surface area contributed by atoms with Crippen molar-refractivity contribution in [1.29, 1.82) is 0 Å². The second-order valence-electron chi connectivity index (χ2n) is 18.1. The Bertz CT molecular complexity index is 1450. The van der Waals surface area contributed by atoms with E-state index in [1.165, 1.54) is 4.90 Å². The highest BCUT2D eigenvalue weighted by atomic mass is 28.4. The number of anilines is 2. The average Bonchev–Trinajstić information content (AvgIpc) is 3.56. The van der Waals surface area contributed by atoms with Crippen LogP contribution in [0.15, 0.2) is 18.3 Å². The van der Waals surface area contributed by atoms with Crippen LogP contribution >= 0.6 is 0 Å². The number of carbonyl (C=O) groups is 2. The van der Waals surface area contributed by atoms with Gasteiger partial charge in [-0.25, -0.2) is 24.2 Å². The van der Waals surface area contributed by atoms with Crippen molar-refractivity contribution >= 4 is 32.1 Å². The highest BCUT2D eigenvalue weighted by molar-refractivity contribution is 6.74. The number of hydrogen-bond donors (Lipinski definition) is 1. The molecule has 1 aliphatic carbocycles. The molecule has 0 aliphatic heterocycles. The molecule has 1 aliphatic rings. The zero-order valence-electron chi connectivity index (χ0n) is 33.4. The normalized spacial score (nSPS) is 18.1. The summed E-state index contributed by atoms with van der Waals surface area (Å²) in [5, 5.41) is 8.10. The second kappa shape index (κ2) is 15.6. The molecule has 0 radical (unpaired) electrons. The third-order valence-corrected chi connectivity index (χ3v) is 13.4. The van der Waals surface area contributed by atoms with Gasteiger partial charge in [-0.15, -0.1) is 0 Å². The maximum Gasteiger partial charge on any atom is 0.421 e. The maximum absolute atomic E-state index is 14.0. The van der Waals surface area contributed by atoms with Gasteiger partial charge in [0.05, 0.1) is 17.8 Å². The van der Waals surface area contributed by atoms with E-state index in [0.29, 0.717) is 31.1 Å². The molecule has 3 atom stereocenters. The molecule has 13 heteroatoms. The Morgan fingerprint density at radius 1 is 1.00 bits per heavy atom. The van der Waals surface area contributed by atoms with Crippen molar-refractivity contribution in [1.82, 2.24) is 25.1 Å². The van der Waals surface area contributed by atoms with Gasteiger partial charge in [-0.05, 0) is 119 Å². The summed E-state index contributed by atoms with van der Waals surface area (Å²) in [4.78, 5) is 36.5. The Morgan fingerprint density at radius 2 is 1.64 bits per heavy atom. The summed E-state index contributed by atoms with van der Waals surface area (Å²) in [6.45, 7) is 30.8. The lowest BCUT2D eigenvalue weighted by Crippen LogP contribution is -2.43. The van der Waals surface area contributed by atoms with Crippen molar-refractivity contribution in [2.45, 2.75) is 175 Å². The Labute approximate surface area is 301 Å². The monoisotopic (exact) mass is 716 g/mol. The van der Waals surface area contributed by atoms with Gasteiger partial charge in [0.25, 0.3) is 0 Å². The number of nitrogens with one attached hydrogen (secondary N) is 1. The van der Waals surface area contributed by atoms with Crippen LogP contribution in [-0.2, 0) is 19.4 Å². The van der Waals surface area contributed by atoms with Crippen molar-refractivity contribution in [3.05, 3.63) is 24.0 Å². The smallest absolute Gasteiger partial charge is 0.421 e. The fourth-order valence-electron chi connectivity index (χ4n) is 5.42. The molecule has 2 aromatic heterocycles.